The van der Waals surface area contributed by atoms with Gasteiger partial charge in [0.15, 0.2) is 5.96 Å². The number of hydrogen-bond donors (Lipinski definition) is 13. The fraction of sp³-hybridized carbons (Fsp3) is 0.500. The molecule has 0 aliphatic carbocycles. The minimum absolute atomic E-state index is 0.00873. The van der Waals surface area contributed by atoms with E-state index >= 15 is 0 Å². The van der Waals surface area contributed by atoms with E-state index in [0.29, 0.717) is 24.0 Å². The third-order valence-corrected chi connectivity index (χ3v) is 11.2. The highest BCUT2D eigenvalue weighted by Crippen LogP contribution is 2.23. The number of amides is 6. The van der Waals surface area contributed by atoms with Crippen LogP contribution < -0.4 is 49.1 Å². The van der Waals surface area contributed by atoms with Crippen molar-refractivity contribution in [1.82, 2.24) is 41.8 Å². The maximum atomic E-state index is 14.4. The van der Waals surface area contributed by atoms with E-state index in [0.717, 1.165) is 10.9 Å². The molecule has 2 saturated heterocycles. The highest BCUT2D eigenvalue weighted by molar-refractivity contribution is 5.96. The topological polar surface area (TPSA) is 336 Å². The molecule has 2 fully saturated rings. The Bertz CT molecular complexity index is 2030. The summed E-state index contributed by atoms with van der Waals surface area (Å²) in [5, 5.41) is 46.8. The minimum atomic E-state index is -1.42. The summed E-state index contributed by atoms with van der Waals surface area (Å²) >= 11 is 0. The molecule has 3 heterocycles. The number of nitrogens with one attached hydrogen (secondary N) is 8. The number of nitrogens with two attached hydrogens (primary N) is 3. The number of aromatic nitrogens is 1. The van der Waals surface area contributed by atoms with Crippen LogP contribution in [0, 0.1) is 5.41 Å². The molecule has 20 nitrogen and oxygen atoms in total. The summed E-state index contributed by atoms with van der Waals surface area (Å²) in [6, 6.07) is 9.25. The molecule has 0 unspecified atom stereocenters. The summed E-state index contributed by atoms with van der Waals surface area (Å²) in [6.07, 6.45) is 0.428. The lowest BCUT2D eigenvalue weighted by Gasteiger charge is -2.33. The Balaban J connectivity index is 1.48. The van der Waals surface area contributed by atoms with Gasteiger partial charge in [0.05, 0.1) is 12.1 Å². The summed E-state index contributed by atoms with van der Waals surface area (Å²) in [6.45, 7) is 0.326. The molecular weight excluding hydrogens is 801 g/mol. The van der Waals surface area contributed by atoms with Gasteiger partial charge < -0.3 is 64.3 Å². The molecular formula is C42H60N12O8. The molecule has 2 aliphatic rings. The van der Waals surface area contributed by atoms with Crippen LogP contribution in [-0.2, 0) is 41.6 Å². The van der Waals surface area contributed by atoms with Crippen molar-refractivity contribution in [3.8, 4) is 0 Å². The highest BCUT2D eigenvalue weighted by atomic mass is 16.3. The summed E-state index contributed by atoms with van der Waals surface area (Å²) in [7, 11) is 0. The Morgan fingerprint density at radius 2 is 1.48 bits per heavy atom. The van der Waals surface area contributed by atoms with Gasteiger partial charge in [-0.3, -0.25) is 39.1 Å². The largest absolute Gasteiger partial charge is 0.392 e. The smallest absolute Gasteiger partial charge is 0.243 e. The molecule has 0 radical (unpaired) electrons. The van der Waals surface area contributed by atoms with Gasteiger partial charge in [0, 0.05) is 62.0 Å². The van der Waals surface area contributed by atoms with Crippen molar-refractivity contribution in [2.45, 2.75) is 113 Å². The molecule has 8 atom stereocenters. The van der Waals surface area contributed by atoms with E-state index in [-0.39, 0.29) is 82.9 Å². The maximum absolute atomic E-state index is 14.4. The van der Waals surface area contributed by atoms with Gasteiger partial charge in [-0.2, -0.15) is 0 Å². The Morgan fingerprint density at radius 3 is 2.23 bits per heavy atom. The molecule has 6 amide bonds. The molecule has 336 valence electrons. The number of rotatable bonds is 9. The number of carbonyl (C=O) groups is 6. The molecule has 20 heteroatoms. The fourth-order valence-corrected chi connectivity index (χ4v) is 7.83. The second-order valence-electron chi connectivity index (χ2n) is 15.9. The number of aromatic amines is 1. The van der Waals surface area contributed by atoms with E-state index < -0.39 is 78.1 Å². The van der Waals surface area contributed by atoms with E-state index in [1.165, 1.54) is 4.90 Å². The number of para-hydroxylation sites is 1. The zero-order valence-electron chi connectivity index (χ0n) is 34.6. The molecule has 62 heavy (non-hydrogen) atoms. The number of guanidine groups is 1. The van der Waals surface area contributed by atoms with E-state index in [4.69, 9.17) is 22.6 Å². The Kier molecular flexibility index (Phi) is 17.2. The van der Waals surface area contributed by atoms with Crippen LogP contribution in [0.15, 0.2) is 60.8 Å². The quantitative estimate of drug-likeness (QED) is 0.0620. The van der Waals surface area contributed by atoms with Gasteiger partial charge in [-0.15, -0.1) is 0 Å². The van der Waals surface area contributed by atoms with Crippen LogP contribution >= 0.6 is 0 Å². The first-order valence-corrected chi connectivity index (χ1v) is 21.0. The molecule has 0 spiro atoms. The lowest BCUT2D eigenvalue weighted by atomic mass is 10.0. The molecule has 16 N–H and O–H groups in total. The molecule has 0 bridgehead atoms. The van der Waals surface area contributed by atoms with Gasteiger partial charge in [0.25, 0.3) is 0 Å². The first kappa shape index (κ1) is 47.0. The second-order valence-corrected chi connectivity index (χ2v) is 15.9. The van der Waals surface area contributed by atoms with Crippen LogP contribution in [0.2, 0.25) is 0 Å². The van der Waals surface area contributed by atoms with Gasteiger partial charge in [-0.05, 0) is 62.1 Å². The number of H-pyrrole nitrogens is 1. The van der Waals surface area contributed by atoms with Crippen molar-refractivity contribution in [2.24, 2.45) is 17.2 Å². The number of carbonyl (C=O) groups excluding carboxylic acids is 6. The second kappa shape index (κ2) is 22.7. The number of aliphatic hydroxyl groups excluding tert-OH is 2. The van der Waals surface area contributed by atoms with Crippen LogP contribution in [0.1, 0.15) is 62.5 Å². The highest BCUT2D eigenvalue weighted by Gasteiger charge is 2.42. The standard InChI is InChI=1S/C42H60N12O8/c43-28-15-16-35(56)47-17-7-6-13-30(36(44)57)50-39(60)33(20-25-22-49-29-12-5-4-11-27(25)29)52-37(58)31(14-8-18-48-42(45)46)51-38(59)32(19-24-9-2-1-3-10-24)53-40(61)34-21-26(55)23-54(34)41(28)62/h1-5,9-12,22,26,28,30-34,41,49,55,62H,6-8,13-21,23,43H2,(H2,44,57)(H,47,56)(H,50,60)(H,51,59)(H,52,58)(H,53,61)(H4,45,46,48)/t26-,28+,30+,31+,32-,33+,34+,41+/m1/s1. The van der Waals surface area contributed by atoms with E-state index in [2.05, 4.69) is 36.9 Å². The number of nitrogens with zero attached hydrogens (tertiary/aromatic N) is 1. The molecule has 3 aromatic rings. The summed E-state index contributed by atoms with van der Waals surface area (Å²) in [5.74, 6) is -4.28. The Labute approximate surface area is 359 Å². The van der Waals surface area contributed by atoms with Crippen LogP contribution in [0.3, 0.4) is 0 Å². The Morgan fingerprint density at radius 1 is 0.823 bits per heavy atom. The first-order chi connectivity index (χ1) is 29.7. The van der Waals surface area contributed by atoms with Crippen molar-refractivity contribution in [3.05, 3.63) is 71.9 Å². The molecule has 5 rings (SSSR count). The SMILES string of the molecule is N=C(N)NCCC[C@@H]1NC(=O)[C@@H](Cc2ccccc2)NC(=O)[C@@H]2C[C@@H](O)CN2[C@@H](O)[C@@H](N)CCC(=O)NCCCC[C@@H](C(N)=O)NC(=O)[C@H](Cc2c[nH]c3ccccc23)NC1=O. The Hall–Kier alpha value is -6.09. The van der Waals surface area contributed by atoms with Gasteiger partial charge in [-0.1, -0.05) is 48.5 Å². The van der Waals surface area contributed by atoms with Gasteiger partial charge >= 0.3 is 0 Å². The third kappa shape index (κ3) is 13.5. The first-order valence-electron chi connectivity index (χ1n) is 21.0. The lowest BCUT2D eigenvalue weighted by Crippen LogP contribution is -2.60. The van der Waals surface area contributed by atoms with Crippen LogP contribution in [0.4, 0.5) is 0 Å². The average Bonchev–Trinajstić information content (AvgIpc) is 3.85. The fourth-order valence-electron chi connectivity index (χ4n) is 7.83. The number of fused-ring (bicyclic) bond motifs is 2. The van der Waals surface area contributed by atoms with Crippen molar-refractivity contribution in [1.29, 1.82) is 5.41 Å². The minimum Gasteiger partial charge on any atom is -0.392 e. The number of hydrogen-bond acceptors (Lipinski definition) is 11. The zero-order valence-corrected chi connectivity index (χ0v) is 34.6. The number of benzene rings is 2. The van der Waals surface area contributed by atoms with Crippen molar-refractivity contribution < 1.29 is 39.0 Å². The molecule has 0 saturated carbocycles. The van der Waals surface area contributed by atoms with E-state index in [1.807, 2.05) is 24.3 Å². The summed E-state index contributed by atoms with van der Waals surface area (Å²) in [5.41, 5.74) is 19.7. The predicted molar refractivity (Wildman–Crippen MR) is 229 cm³/mol. The maximum Gasteiger partial charge on any atom is 0.243 e. The molecule has 2 aromatic carbocycles. The monoisotopic (exact) mass is 860 g/mol. The van der Waals surface area contributed by atoms with Crippen LogP contribution in [-0.4, -0.2) is 130 Å². The van der Waals surface area contributed by atoms with Crippen molar-refractivity contribution in [2.75, 3.05) is 19.6 Å². The van der Waals surface area contributed by atoms with Crippen LogP contribution in [0.5, 0.6) is 0 Å². The molecule has 1 aromatic heterocycles. The average molecular weight is 861 g/mol. The van der Waals surface area contributed by atoms with Gasteiger partial charge in [0.1, 0.15) is 30.4 Å². The number of aliphatic hydroxyl groups is 2. The predicted octanol–water partition coefficient (Wildman–Crippen LogP) is -2.20. The van der Waals surface area contributed by atoms with Crippen molar-refractivity contribution in [3.63, 3.8) is 0 Å². The normalized spacial score (nSPS) is 26.8. The van der Waals surface area contributed by atoms with Crippen molar-refractivity contribution >= 4 is 52.3 Å². The van der Waals surface area contributed by atoms with E-state index in [1.54, 1.807) is 36.5 Å². The van der Waals surface area contributed by atoms with Gasteiger partial charge in [-0.25, -0.2) is 0 Å². The summed E-state index contributed by atoms with van der Waals surface area (Å²) < 4.78 is 0. The lowest BCUT2D eigenvalue weighted by molar-refractivity contribution is -0.136. The number of primary amides is 1. The summed E-state index contributed by atoms with van der Waals surface area (Å²) in [4.78, 5) is 86.8. The van der Waals surface area contributed by atoms with E-state index in [9.17, 15) is 39.0 Å². The molecule has 2 aliphatic heterocycles. The zero-order chi connectivity index (χ0) is 44.8. The van der Waals surface area contributed by atoms with Gasteiger partial charge in [0.2, 0.25) is 35.4 Å². The third-order valence-electron chi connectivity index (χ3n) is 11.2. The van der Waals surface area contributed by atoms with Crippen LogP contribution in [0.25, 0.3) is 10.9 Å².